The first-order chi connectivity index (χ1) is 10.1. The van der Waals surface area contributed by atoms with Crippen LogP contribution in [0.4, 0.5) is 11.4 Å². The highest BCUT2D eigenvalue weighted by molar-refractivity contribution is 6.06. The molecule has 6 nitrogen and oxygen atoms in total. The number of fused-ring (bicyclic) bond motifs is 1. The Labute approximate surface area is 121 Å². The van der Waals surface area contributed by atoms with Crippen LogP contribution >= 0.6 is 0 Å². The number of aryl methyl sites for hydroxylation is 1. The number of carbonyl (C=O) groups excluding carboxylic acids is 2. The zero-order valence-electron chi connectivity index (χ0n) is 11.3. The molecule has 1 aromatic carbocycles. The summed E-state index contributed by atoms with van der Waals surface area (Å²) in [6, 6.07) is 6.85. The Bertz CT molecular complexity index is 714. The molecule has 1 aliphatic rings. The Morgan fingerprint density at radius 3 is 2.86 bits per heavy atom. The Balaban J connectivity index is 1.92. The molecule has 21 heavy (non-hydrogen) atoms. The summed E-state index contributed by atoms with van der Waals surface area (Å²) < 4.78 is 5.42. The van der Waals surface area contributed by atoms with Crippen molar-refractivity contribution in [2.45, 2.75) is 6.92 Å². The van der Waals surface area contributed by atoms with Crippen molar-refractivity contribution in [2.24, 2.45) is 0 Å². The van der Waals surface area contributed by atoms with Crippen LogP contribution in [0, 0.1) is 6.92 Å². The molecule has 0 unspecified atom stereocenters. The molecule has 2 heterocycles. The summed E-state index contributed by atoms with van der Waals surface area (Å²) in [5, 5.41) is 5.53. The minimum absolute atomic E-state index is 0.0613. The van der Waals surface area contributed by atoms with Gasteiger partial charge in [0.05, 0.1) is 11.4 Å². The molecule has 106 valence electrons. The fraction of sp³-hybridized carbons (Fsp3) is 0.133. The first kappa shape index (κ1) is 13.1. The number of ether oxygens (including phenoxy) is 1. The maximum absolute atomic E-state index is 12.2. The van der Waals surface area contributed by atoms with Gasteiger partial charge in [-0.2, -0.15) is 0 Å². The van der Waals surface area contributed by atoms with E-state index in [2.05, 4.69) is 15.6 Å². The van der Waals surface area contributed by atoms with Gasteiger partial charge in [-0.3, -0.25) is 14.6 Å². The highest BCUT2D eigenvalue weighted by atomic mass is 16.5. The van der Waals surface area contributed by atoms with Crippen LogP contribution in [-0.4, -0.2) is 23.4 Å². The van der Waals surface area contributed by atoms with Gasteiger partial charge in [-0.25, -0.2) is 0 Å². The SMILES string of the molecule is Cc1cc2c(c(NC(=O)c3ccncc3)c1)OCC(=O)N2. The number of amides is 2. The molecule has 3 rings (SSSR count). The van der Waals surface area contributed by atoms with Gasteiger partial charge < -0.3 is 15.4 Å². The molecule has 6 heteroatoms. The van der Waals surface area contributed by atoms with E-state index in [1.54, 1.807) is 36.7 Å². The summed E-state index contributed by atoms with van der Waals surface area (Å²) in [4.78, 5) is 27.4. The Morgan fingerprint density at radius 2 is 2.10 bits per heavy atom. The number of rotatable bonds is 2. The van der Waals surface area contributed by atoms with Crippen LogP contribution in [-0.2, 0) is 4.79 Å². The Kier molecular flexibility index (Phi) is 3.27. The van der Waals surface area contributed by atoms with Gasteiger partial charge in [-0.1, -0.05) is 0 Å². The highest BCUT2D eigenvalue weighted by Gasteiger charge is 2.21. The Hall–Kier alpha value is -2.89. The number of nitrogens with one attached hydrogen (secondary N) is 2. The average Bonchev–Trinajstić information content (AvgIpc) is 2.47. The highest BCUT2D eigenvalue weighted by Crippen LogP contribution is 2.37. The van der Waals surface area contributed by atoms with E-state index in [9.17, 15) is 9.59 Å². The van der Waals surface area contributed by atoms with Crippen molar-refractivity contribution in [3.8, 4) is 5.75 Å². The van der Waals surface area contributed by atoms with E-state index in [1.165, 1.54) is 0 Å². The minimum atomic E-state index is -0.259. The summed E-state index contributed by atoms with van der Waals surface area (Å²) >= 11 is 0. The van der Waals surface area contributed by atoms with Crippen molar-refractivity contribution in [1.82, 2.24) is 4.98 Å². The van der Waals surface area contributed by atoms with Crippen molar-refractivity contribution < 1.29 is 14.3 Å². The van der Waals surface area contributed by atoms with Gasteiger partial charge in [-0.05, 0) is 36.8 Å². The molecule has 0 saturated carbocycles. The summed E-state index contributed by atoms with van der Waals surface area (Å²) in [6.07, 6.45) is 3.11. The molecule has 0 bridgehead atoms. The quantitative estimate of drug-likeness (QED) is 0.883. The molecule has 2 amide bonds. The van der Waals surface area contributed by atoms with E-state index in [0.29, 0.717) is 22.7 Å². The molecule has 0 spiro atoms. The van der Waals surface area contributed by atoms with Gasteiger partial charge in [-0.15, -0.1) is 0 Å². The lowest BCUT2D eigenvalue weighted by molar-refractivity contribution is -0.118. The fourth-order valence-electron chi connectivity index (χ4n) is 2.14. The number of pyridine rings is 1. The number of hydrogen-bond donors (Lipinski definition) is 2. The molecule has 1 aromatic heterocycles. The molecule has 0 saturated heterocycles. The predicted molar refractivity (Wildman–Crippen MR) is 77.5 cm³/mol. The zero-order chi connectivity index (χ0) is 14.8. The van der Waals surface area contributed by atoms with Crippen molar-refractivity contribution in [2.75, 3.05) is 17.2 Å². The van der Waals surface area contributed by atoms with Gasteiger partial charge in [0.1, 0.15) is 0 Å². The number of benzene rings is 1. The fourth-order valence-corrected chi connectivity index (χ4v) is 2.14. The molecule has 0 atom stereocenters. The number of nitrogens with zero attached hydrogens (tertiary/aromatic N) is 1. The predicted octanol–water partition coefficient (Wildman–Crippen LogP) is 1.97. The maximum Gasteiger partial charge on any atom is 0.262 e. The van der Waals surface area contributed by atoms with Gasteiger partial charge in [0, 0.05) is 18.0 Å². The second kappa shape index (κ2) is 5.24. The molecule has 0 radical (unpaired) electrons. The summed E-state index contributed by atoms with van der Waals surface area (Å²) in [5.41, 5.74) is 2.51. The van der Waals surface area contributed by atoms with Crippen molar-refractivity contribution in [3.05, 3.63) is 47.8 Å². The molecular weight excluding hydrogens is 270 g/mol. The van der Waals surface area contributed by atoms with Gasteiger partial charge in [0.25, 0.3) is 11.8 Å². The largest absolute Gasteiger partial charge is 0.479 e. The average molecular weight is 283 g/mol. The number of aromatic nitrogens is 1. The van der Waals surface area contributed by atoms with Crippen molar-refractivity contribution in [1.29, 1.82) is 0 Å². The third-order valence-electron chi connectivity index (χ3n) is 3.05. The van der Waals surface area contributed by atoms with E-state index in [4.69, 9.17) is 4.74 Å². The van der Waals surface area contributed by atoms with Crippen molar-refractivity contribution >= 4 is 23.2 Å². The zero-order valence-corrected chi connectivity index (χ0v) is 11.3. The second-order valence-electron chi connectivity index (χ2n) is 4.72. The van der Waals surface area contributed by atoms with Gasteiger partial charge in [0.2, 0.25) is 0 Å². The van der Waals surface area contributed by atoms with Crippen LogP contribution < -0.4 is 15.4 Å². The normalized spacial score (nSPS) is 12.9. The smallest absolute Gasteiger partial charge is 0.262 e. The van der Waals surface area contributed by atoms with Gasteiger partial charge in [0.15, 0.2) is 12.4 Å². The van der Waals surface area contributed by atoms with E-state index in [1.807, 2.05) is 6.92 Å². The molecule has 0 fully saturated rings. The summed E-state index contributed by atoms with van der Waals surface area (Å²) in [7, 11) is 0. The lowest BCUT2D eigenvalue weighted by atomic mass is 10.1. The molecule has 2 aromatic rings. The first-order valence-electron chi connectivity index (χ1n) is 6.42. The topological polar surface area (TPSA) is 80.3 Å². The standard InChI is InChI=1S/C15H13N3O3/c1-9-6-11-14(21-8-13(19)17-11)12(7-9)18-15(20)10-2-4-16-5-3-10/h2-7H,8H2,1H3,(H,17,19)(H,18,20). The number of anilines is 2. The molecule has 2 N–H and O–H groups in total. The molecule has 0 aliphatic carbocycles. The third kappa shape index (κ3) is 2.69. The van der Waals surface area contributed by atoms with E-state index >= 15 is 0 Å². The lowest BCUT2D eigenvalue weighted by Gasteiger charge is -2.21. The van der Waals surface area contributed by atoms with E-state index in [0.717, 1.165) is 5.56 Å². The van der Waals surface area contributed by atoms with E-state index in [-0.39, 0.29) is 18.4 Å². The number of hydrogen-bond acceptors (Lipinski definition) is 4. The summed E-state index contributed by atoms with van der Waals surface area (Å²) in [6.45, 7) is 1.82. The third-order valence-corrected chi connectivity index (χ3v) is 3.05. The second-order valence-corrected chi connectivity index (χ2v) is 4.72. The van der Waals surface area contributed by atoms with Crippen LogP contribution in [0.15, 0.2) is 36.7 Å². The minimum Gasteiger partial charge on any atom is -0.479 e. The van der Waals surface area contributed by atoms with Crippen LogP contribution in [0.3, 0.4) is 0 Å². The van der Waals surface area contributed by atoms with Crippen LogP contribution in [0.2, 0.25) is 0 Å². The summed E-state index contributed by atoms with van der Waals surface area (Å²) in [5.74, 6) is 0.00724. The molecular formula is C15H13N3O3. The van der Waals surface area contributed by atoms with Crippen LogP contribution in [0.5, 0.6) is 5.75 Å². The van der Waals surface area contributed by atoms with Crippen molar-refractivity contribution in [3.63, 3.8) is 0 Å². The van der Waals surface area contributed by atoms with Crippen LogP contribution in [0.1, 0.15) is 15.9 Å². The first-order valence-corrected chi connectivity index (χ1v) is 6.42. The van der Waals surface area contributed by atoms with E-state index < -0.39 is 0 Å². The lowest BCUT2D eigenvalue weighted by Crippen LogP contribution is -2.26. The number of carbonyl (C=O) groups is 2. The Morgan fingerprint density at radius 1 is 1.33 bits per heavy atom. The van der Waals surface area contributed by atoms with Crippen LogP contribution in [0.25, 0.3) is 0 Å². The maximum atomic E-state index is 12.2. The van der Waals surface area contributed by atoms with Gasteiger partial charge >= 0.3 is 0 Å². The molecule has 1 aliphatic heterocycles. The monoisotopic (exact) mass is 283 g/mol.